The minimum Gasteiger partial charge on any atom is -0.311 e. The number of aromatic nitrogens is 4. The first-order chi connectivity index (χ1) is 13.7. The summed E-state index contributed by atoms with van der Waals surface area (Å²) in [6.07, 6.45) is 6.18. The van der Waals surface area contributed by atoms with Gasteiger partial charge in [0.05, 0.1) is 5.25 Å². The number of rotatable bonds is 6. The van der Waals surface area contributed by atoms with E-state index in [1.165, 1.54) is 17.3 Å². The van der Waals surface area contributed by atoms with Gasteiger partial charge in [0.2, 0.25) is 5.91 Å². The Labute approximate surface area is 168 Å². The highest BCUT2D eigenvalue weighted by molar-refractivity contribution is 8.00. The van der Waals surface area contributed by atoms with Gasteiger partial charge in [-0.3, -0.25) is 14.3 Å². The van der Waals surface area contributed by atoms with Crippen LogP contribution in [0.5, 0.6) is 0 Å². The molecule has 1 aliphatic rings. The molecule has 3 aromatic rings. The average molecular weight is 392 g/mol. The minimum atomic E-state index is -0.277. The van der Waals surface area contributed by atoms with Gasteiger partial charge in [-0.2, -0.15) is 0 Å². The van der Waals surface area contributed by atoms with E-state index in [0.717, 1.165) is 30.0 Å². The Hall–Kier alpha value is -2.93. The summed E-state index contributed by atoms with van der Waals surface area (Å²) < 4.78 is 1.97. The molecule has 1 amide bonds. The molecule has 0 radical (unpaired) electrons. The number of para-hydroxylation sites is 1. The highest BCUT2D eigenvalue weighted by Gasteiger charge is 2.29. The molecule has 1 atom stereocenters. The molecule has 0 saturated heterocycles. The predicted octanol–water partition coefficient (Wildman–Crippen LogP) is 3.60. The van der Waals surface area contributed by atoms with Crippen molar-refractivity contribution in [3.05, 3.63) is 67.0 Å². The quantitative estimate of drug-likeness (QED) is 0.475. The third-order valence-corrected chi connectivity index (χ3v) is 5.80. The Morgan fingerprint density at radius 1 is 1.29 bits per heavy atom. The number of nitrogens with zero attached hydrogens (tertiary/aromatic N) is 5. The third kappa shape index (κ3) is 3.45. The van der Waals surface area contributed by atoms with Crippen LogP contribution in [-0.4, -0.2) is 37.5 Å². The molecule has 0 N–H and O–H groups in total. The normalized spacial score (nSPS) is 14.0. The Kier molecular flexibility index (Phi) is 5.25. The molecule has 2 aromatic heterocycles. The van der Waals surface area contributed by atoms with E-state index >= 15 is 0 Å². The smallest absolute Gasteiger partial charge is 0.240 e. The lowest BCUT2D eigenvalue weighted by molar-refractivity contribution is -0.117. The number of hydrogen-bond donors (Lipinski definition) is 0. The van der Waals surface area contributed by atoms with Gasteiger partial charge in [0, 0.05) is 36.7 Å². The van der Waals surface area contributed by atoms with E-state index in [0.29, 0.717) is 11.7 Å². The molecule has 0 unspecified atom stereocenters. The third-order valence-electron chi connectivity index (χ3n) is 4.73. The zero-order valence-corrected chi connectivity index (χ0v) is 16.5. The van der Waals surface area contributed by atoms with Gasteiger partial charge in [-0.15, -0.1) is 16.8 Å². The van der Waals surface area contributed by atoms with E-state index in [4.69, 9.17) is 0 Å². The molecule has 7 heteroatoms. The largest absolute Gasteiger partial charge is 0.311 e. The first kappa shape index (κ1) is 18.4. The molecule has 0 fully saturated rings. The van der Waals surface area contributed by atoms with Gasteiger partial charge in [-0.1, -0.05) is 36.0 Å². The molecular weight excluding hydrogens is 370 g/mol. The van der Waals surface area contributed by atoms with Crippen LogP contribution in [-0.2, 0) is 17.8 Å². The molecule has 28 heavy (non-hydrogen) atoms. The highest BCUT2D eigenvalue weighted by atomic mass is 32.2. The monoisotopic (exact) mass is 391 g/mol. The number of carbonyl (C=O) groups excluding carboxylic acids is 1. The van der Waals surface area contributed by atoms with Gasteiger partial charge < -0.3 is 4.90 Å². The zero-order valence-electron chi connectivity index (χ0n) is 15.7. The van der Waals surface area contributed by atoms with Crippen LogP contribution in [0.1, 0.15) is 12.5 Å². The summed E-state index contributed by atoms with van der Waals surface area (Å²) in [6.45, 7) is 7.05. The van der Waals surface area contributed by atoms with Gasteiger partial charge in [0.25, 0.3) is 0 Å². The number of anilines is 1. The van der Waals surface area contributed by atoms with Gasteiger partial charge in [0.1, 0.15) is 0 Å². The summed E-state index contributed by atoms with van der Waals surface area (Å²) in [5, 5.41) is 9.09. The molecule has 6 nitrogen and oxygen atoms in total. The van der Waals surface area contributed by atoms with Crippen molar-refractivity contribution in [1.82, 2.24) is 19.7 Å². The van der Waals surface area contributed by atoms with Crippen molar-refractivity contribution >= 4 is 23.4 Å². The summed E-state index contributed by atoms with van der Waals surface area (Å²) >= 11 is 1.43. The number of thioether (sulfide) groups is 1. The van der Waals surface area contributed by atoms with Crippen LogP contribution in [0.15, 0.2) is 66.6 Å². The molecule has 1 aliphatic heterocycles. The summed E-state index contributed by atoms with van der Waals surface area (Å²) in [6, 6.07) is 11.9. The maximum Gasteiger partial charge on any atom is 0.240 e. The highest BCUT2D eigenvalue weighted by Crippen LogP contribution is 2.32. The van der Waals surface area contributed by atoms with Crippen LogP contribution in [0.2, 0.25) is 0 Å². The number of amides is 1. The lowest BCUT2D eigenvalue weighted by atomic mass is 10.2. The van der Waals surface area contributed by atoms with E-state index in [9.17, 15) is 4.79 Å². The summed E-state index contributed by atoms with van der Waals surface area (Å²) in [7, 11) is 0. The Bertz CT molecular complexity index is 1000. The zero-order chi connectivity index (χ0) is 19.5. The standard InChI is InChI=1S/C21H21N5OS/c1-3-12-26-19(17-8-6-11-22-14-17)23-24-21(26)28-15(2)20(27)25-13-10-16-7-4-5-9-18(16)25/h3-9,11,14-15H,1,10,12-13H2,2H3/t15-/m1/s1. The first-order valence-electron chi connectivity index (χ1n) is 9.19. The number of allylic oxidation sites excluding steroid dienone is 1. The molecule has 0 spiro atoms. The fourth-order valence-corrected chi connectivity index (χ4v) is 4.29. The van der Waals surface area contributed by atoms with Crippen LogP contribution in [0.4, 0.5) is 5.69 Å². The Balaban J connectivity index is 1.56. The van der Waals surface area contributed by atoms with E-state index in [-0.39, 0.29) is 11.2 Å². The number of benzene rings is 1. The second-order valence-electron chi connectivity index (χ2n) is 6.58. The second kappa shape index (κ2) is 7.98. The van der Waals surface area contributed by atoms with E-state index in [2.05, 4.69) is 27.8 Å². The van der Waals surface area contributed by atoms with Crippen LogP contribution >= 0.6 is 11.8 Å². The Morgan fingerprint density at radius 2 is 2.14 bits per heavy atom. The van der Waals surface area contributed by atoms with Crippen molar-refractivity contribution in [3.8, 4) is 11.4 Å². The molecule has 0 saturated carbocycles. The van der Waals surface area contributed by atoms with Crippen LogP contribution < -0.4 is 4.90 Å². The summed E-state index contributed by atoms with van der Waals surface area (Å²) in [4.78, 5) is 19.1. The predicted molar refractivity (Wildman–Crippen MR) is 111 cm³/mol. The molecule has 0 aliphatic carbocycles. The van der Waals surface area contributed by atoms with Crippen LogP contribution in [0.3, 0.4) is 0 Å². The van der Waals surface area contributed by atoms with Gasteiger partial charge in [-0.25, -0.2) is 0 Å². The number of fused-ring (bicyclic) bond motifs is 1. The summed E-state index contributed by atoms with van der Waals surface area (Å²) in [5.41, 5.74) is 3.13. The number of hydrogen-bond acceptors (Lipinski definition) is 5. The van der Waals surface area contributed by atoms with Crippen molar-refractivity contribution in [2.24, 2.45) is 0 Å². The molecule has 142 valence electrons. The van der Waals surface area contributed by atoms with Crippen molar-refractivity contribution in [2.45, 2.75) is 30.3 Å². The van der Waals surface area contributed by atoms with Crippen LogP contribution in [0.25, 0.3) is 11.4 Å². The molecule has 1 aromatic carbocycles. The number of pyridine rings is 1. The van der Waals surface area contributed by atoms with Crippen molar-refractivity contribution in [1.29, 1.82) is 0 Å². The maximum absolute atomic E-state index is 13.1. The van der Waals surface area contributed by atoms with Gasteiger partial charge in [-0.05, 0) is 37.1 Å². The van der Waals surface area contributed by atoms with E-state index in [1.807, 2.05) is 46.7 Å². The maximum atomic E-state index is 13.1. The minimum absolute atomic E-state index is 0.0889. The lowest BCUT2D eigenvalue weighted by Gasteiger charge is -2.21. The van der Waals surface area contributed by atoms with Crippen molar-refractivity contribution in [3.63, 3.8) is 0 Å². The Morgan fingerprint density at radius 3 is 2.93 bits per heavy atom. The SMILES string of the molecule is C=CCn1c(S[C@H](C)C(=O)N2CCc3ccccc32)nnc1-c1cccnc1. The van der Waals surface area contributed by atoms with E-state index in [1.54, 1.807) is 18.5 Å². The van der Waals surface area contributed by atoms with Gasteiger partial charge >= 0.3 is 0 Å². The number of carbonyl (C=O) groups is 1. The topological polar surface area (TPSA) is 63.9 Å². The molecule has 3 heterocycles. The lowest BCUT2D eigenvalue weighted by Crippen LogP contribution is -2.35. The van der Waals surface area contributed by atoms with E-state index < -0.39 is 0 Å². The first-order valence-corrected chi connectivity index (χ1v) is 10.1. The molecule has 4 rings (SSSR count). The average Bonchev–Trinajstić information content (AvgIpc) is 3.33. The van der Waals surface area contributed by atoms with Gasteiger partial charge in [0.15, 0.2) is 11.0 Å². The van der Waals surface area contributed by atoms with Crippen LogP contribution in [0, 0.1) is 0 Å². The summed E-state index contributed by atoms with van der Waals surface area (Å²) in [5.74, 6) is 0.813. The fraction of sp³-hybridized carbons (Fsp3) is 0.238. The fourth-order valence-electron chi connectivity index (χ4n) is 3.37. The van der Waals surface area contributed by atoms with Crippen molar-refractivity contribution < 1.29 is 4.79 Å². The molecular formula is C21H21N5OS. The second-order valence-corrected chi connectivity index (χ2v) is 7.88. The molecule has 0 bridgehead atoms. The van der Waals surface area contributed by atoms with Crippen molar-refractivity contribution in [2.75, 3.05) is 11.4 Å².